The molecule has 1 heterocycles. The van der Waals surface area contributed by atoms with Crippen molar-refractivity contribution in [2.45, 2.75) is 13.5 Å². The second-order valence-corrected chi connectivity index (χ2v) is 9.61. The molecule has 0 unspecified atom stereocenters. The number of hydrogen-bond acceptors (Lipinski definition) is 3. The molecule has 0 atom stereocenters. The van der Waals surface area contributed by atoms with Gasteiger partial charge in [-0.2, -0.15) is 0 Å². The van der Waals surface area contributed by atoms with Crippen molar-refractivity contribution in [3.8, 4) is 17.6 Å². The Morgan fingerprint density at radius 3 is 2.63 bits per heavy atom. The summed E-state index contributed by atoms with van der Waals surface area (Å²) in [5, 5.41) is 4.00. The maximum Gasteiger partial charge on any atom is 0.164 e. The molecule has 0 saturated heterocycles. The van der Waals surface area contributed by atoms with E-state index in [-0.39, 0.29) is 0 Å². The maximum absolute atomic E-state index is 12.0. The Balaban J connectivity index is 2.04. The van der Waals surface area contributed by atoms with Crippen molar-refractivity contribution in [3.05, 3.63) is 53.7 Å². The van der Waals surface area contributed by atoms with E-state index in [1.54, 1.807) is 20.4 Å². The lowest BCUT2D eigenvalue weighted by Crippen LogP contribution is -1.99. The molecule has 0 fully saturated rings. The molecular formula is C21H24N3O2P. The van der Waals surface area contributed by atoms with E-state index in [2.05, 4.69) is 28.4 Å². The first-order chi connectivity index (χ1) is 12.8. The molecule has 5 nitrogen and oxygen atoms in total. The summed E-state index contributed by atoms with van der Waals surface area (Å²) in [7, 11) is -0.717. The normalized spacial score (nSPS) is 11.1. The van der Waals surface area contributed by atoms with Gasteiger partial charge in [0, 0.05) is 42.6 Å². The monoisotopic (exact) mass is 381 g/mol. The molecule has 6 heteroatoms. The molecular weight excluding hydrogens is 357 g/mol. The van der Waals surface area contributed by atoms with Crippen LogP contribution in [0.1, 0.15) is 18.2 Å². The Hall–Kier alpha value is -2.83. The zero-order valence-electron chi connectivity index (χ0n) is 16.0. The summed E-state index contributed by atoms with van der Waals surface area (Å²) in [6, 6.07) is 13.4. The molecule has 0 radical (unpaired) electrons. The van der Waals surface area contributed by atoms with Gasteiger partial charge in [-0.3, -0.25) is 0 Å². The van der Waals surface area contributed by atoms with Gasteiger partial charge in [0.2, 0.25) is 0 Å². The topological polar surface area (TPSA) is 69.3 Å². The summed E-state index contributed by atoms with van der Waals surface area (Å²) < 4.78 is 19.4. The summed E-state index contributed by atoms with van der Waals surface area (Å²) in [6.45, 7) is 6.20. The first-order valence-corrected chi connectivity index (χ1v) is 11.3. The Labute approximate surface area is 159 Å². The van der Waals surface area contributed by atoms with Crippen LogP contribution in [0.25, 0.3) is 10.9 Å². The molecule has 0 spiro atoms. The van der Waals surface area contributed by atoms with Crippen LogP contribution in [0.2, 0.25) is 0 Å². The third-order valence-electron chi connectivity index (χ3n) is 4.21. The van der Waals surface area contributed by atoms with E-state index in [0.29, 0.717) is 5.69 Å². The van der Waals surface area contributed by atoms with E-state index >= 15 is 0 Å². The van der Waals surface area contributed by atoms with E-state index in [1.165, 1.54) is 0 Å². The fraction of sp³-hybridized carbons (Fsp3) is 0.238. The predicted molar refractivity (Wildman–Crippen MR) is 114 cm³/mol. The molecule has 0 aliphatic rings. The average Bonchev–Trinajstić information content (AvgIpc) is 2.89. The number of ether oxygens (including phenoxy) is 1. The number of nitrogens with one attached hydrogen (secondary N) is 1. The van der Waals surface area contributed by atoms with Crippen LogP contribution in [-0.4, -0.2) is 25.0 Å². The van der Waals surface area contributed by atoms with Gasteiger partial charge >= 0.3 is 0 Å². The van der Waals surface area contributed by atoms with Crippen LogP contribution in [0.4, 0.5) is 11.4 Å². The Bertz CT molecular complexity index is 1100. The number of nitrogen functional groups attached to an aromatic ring is 1. The fourth-order valence-corrected chi connectivity index (χ4v) is 3.82. The average molecular weight is 381 g/mol. The van der Waals surface area contributed by atoms with E-state index in [0.717, 1.165) is 40.1 Å². The highest BCUT2D eigenvalue weighted by Crippen LogP contribution is 2.36. The molecule has 0 aliphatic heterocycles. The minimum absolute atomic E-state index is 0.669. The molecule has 1 aromatic heterocycles. The van der Waals surface area contributed by atoms with Crippen LogP contribution < -0.4 is 15.6 Å². The zero-order chi connectivity index (χ0) is 19.6. The zero-order valence-corrected chi connectivity index (χ0v) is 16.9. The van der Waals surface area contributed by atoms with Crippen LogP contribution in [0.3, 0.4) is 0 Å². The number of benzene rings is 2. The van der Waals surface area contributed by atoms with Gasteiger partial charge in [0.05, 0.1) is 18.3 Å². The number of aryl methyl sites for hydroxylation is 1. The molecule has 27 heavy (non-hydrogen) atoms. The van der Waals surface area contributed by atoms with E-state index in [4.69, 9.17) is 10.5 Å². The number of hydrogen-bond donors (Lipinski definition) is 2. The van der Waals surface area contributed by atoms with Gasteiger partial charge in [-0.25, -0.2) is 0 Å². The Morgan fingerprint density at radius 2 is 1.96 bits per heavy atom. The van der Waals surface area contributed by atoms with Crippen LogP contribution >= 0.6 is 7.29 Å². The van der Waals surface area contributed by atoms with Crippen molar-refractivity contribution in [1.82, 2.24) is 4.57 Å². The van der Waals surface area contributed by atoms with Gasteiger partial charge in [-0.1, -0.05) is 12.0 Å². The molecule has 0 aliphatic carbocycles. The van der Waals surface area contributed by atoms with Crippen LogP contribution in [-0.2, 0) is 11.1 Å². The summed E-state index contributed by atoms with van der Waals surface area (Å²) in [4.78, 5) is 0. The van der Waals surface area contributed by atoms with Gasteiger partial charge < -0.3 is 24.7 Å². The van der Waals surface area contributed by atoms with Gasteiger partial charge in [-0.15, -0.1) is 0 Å². The van der Waals surface area contributed by atoms with Crippen LogP contribution in [0.15, 0.2) is 42.5 Å². The molecule has 3 rings (SSSR count). The quantitative estimate of drug-likeness (QED) is 0.512. The Kier molecular flexibility index (Phi) is 5.21. The highest BCUT2D eigenvalue weighted by Gasteiger charge is 2.13. The second-order valence-electron chi connectivity index (χ2n) is 6.68. The van der Waals surface area contributed by atoms with Crippen LogP contribution in [0, 0.1) is 11.8 Å². The predicted octanol–water partition coefficient (Wildman–Crippen LogP) is 4.60. The van der Waals surface area contributed by atoms with E-state index < -0.39 is 7.29 Å². The number of fused-ring (bicyclic) bond motifs is 1. The molecule has 0 saturated carbocycles. The number of aromatic nitrogens is 1. The molecule has 3 aromatic rings. The number of rotatable bonds is 4. The molecule has 0 amide bonds. The lowest BCUT2D eigenvalue weighted by molar-refractivity contribution is 0.415. The summed E-state index contributed by atoms with van der Waals surface area (Å²) in [6.07, 6.45) is 0. The maximum atomic E-state index is 12.0. The number of methoxy groups -OCH3 is 1. The van der Waals surface area contributed by atoms with E-state index in [1.807, 2.05) is 42.5 Å². The summed E-state index contributed by atoms with van der Waals surface area (Å²) in [5.41, 5.74) is 10.5. The van der Waals surface area contributed by atoms with Crippen molar-refractivity contribution in [1.29, 1.82) is 0 Å². The molecule has 3 N–H and O–H groups in total. The lowest BCUT2D eigenvalue weighted by Gasteiger charge is -2.10. The molecule has 2 aromatic carbocycles. The van der Waals surface area contributed by atoms with Gasteiger partial charge in [-0.05, 0) is 43.2 Å². The first kappa shape index (κ1) is 18.9. The number of nitrogens with two attached hydrogens (primary N) is 1. The minimum Gasteiger partial charge on any atom is -0.497 e. The standard InChI is InChI=1S/C21H24N3O2P/c1-5-24-19(21(22)18-11-10-17(26-2)14-20(18)24)12-9-15-7-6-8-16(13-15)23-27(3,4)25/h6-8,10-11,13-14H,5,22H2,1-4H3,(H,23,25). The summed E-state index contributed by atoms with van der Waals surface area (Å²) in [5.74, 6) is 7.18. The third kappa shape index (κ3) is 4.13. The Morgan fingerprint density at radius 1 is 1.19 bits per heavy atom. The SMILES string of the molecule is CCn1c(C#Cc2cccc(NP(C)(C)=O)c2)c(N)c2ccc(OC)cc21. The third-order valence-corrected chi connectivity index (χ3v) is 5.01. The number of anilines is 2. The van der Waals surface area contributed by atoms with Crippen molar-refractivity contribution in [2.75, 3.05) is 31.3 Å². The van der Waals surface area contributed by atoms with Crippen LogP contribution in [0.5, 0.6) is 5.75 Å². The largest absolute Gasteiger partial charge is 0.497 e. The fourth-order valence-electron chi connectivity index (χ4n) is 3.05. The van der Waals surface area contributed by atoms with Gasteiger partial charge in [0.15, 0.2) is 7.29 Å². The molecule has 140 valence electrons. The smallest absolute Gasteiger partial charge is 0.164 e. The van der Waals surface area contributed by atoms with Crippen molar-refractivity contribution in [3.63, 3.8) is 0 Å². The van der Waals surface area contributed by atoms with Crippen molar-refractivity contribution >= 4 is 29.6 Å². The minimum atomic E-state index is -2.37. The molecule has 0 bridgehead atoms. The van der Waals surface area contributed by atoms with E-state index in [9.17, 15) is 4.57 Å². The van der Waals surface area contributed by atoms with Gasteiger partial charge in [0.1, 0.15) is 11.4 Å². The van der Waals surface area contributed by atoms with Crippen molar-refractivity contribution in [2.24, 2.45) is 0 Å². The summed E-state index contributed by atoms with van der Waals surface area (Å²) >= 11 is 0. The first-order valence-electron chi connectivity index (χ1n) is 8.73. The highest BCUT2D eigenvalue weighted by atomic mass is 31.2. The number of nitrogens with zero attached hydrogens (tertiary/aromatic N) is 1. The van der Waals surface area contributed by atoms with Gasteiger partial charge in [0.25, 0.3) is 0 Å². The lowest BCUT2D eigenvalue weighted by atomic mass is 10.2. The van der Waals surface area contributed by atoms with Crippen molar-refractivity contribution < 1.29 is 9.30 Å². The highest BCUT2D eigenvalue weighted by molar-refractivity contribution is 7.63. The second kappa shape index (κ2) is 7.42.